The highest BCUT2D eigenvalue weighted by molar-refractivity contribution is 6.30. The van der Waals surface area contributed by atoms with Crippen LogP contribution in [0, 0.1) is 11.6 Å². The number of aliphatic hydroxyl groups is 3. The number of aliphatic hydroxyl groups excluding tert-OH is 2. The number of carbonyl (C=O) groups excluding carboxylic acids is 1. The van der Waals surface area contributed by atoms with Gasteiger partial charge in [0, 0.05) is 48.9 Å². The van der Waals surface area contributed by atoms with Crippen LogP contribution in [-0.4, -0.2) is 88.2 Å². The maximum absolute atomic E-state index is 13.4. The van der Waals surface area contributed by atoms with Crippen molar-refractivity contribution in [2.24, 2.45) is 0 Å². The molecule has 0 bridgehead atoms. The van der Waals surface area contributed by atoms with Crippen LogP contribution in [0.2, 0.25) is 5.02 Å². The van der Waals surface area contributed by atoms with E-state index in [1.165, 1.54) is 17.1 Å². The summed E-state index contributed by atoms with van der Waals surface area (Å²) in [7, 11) is 0. The molecule has 3 heterocycles. The zero-order valence-corrected chi connectivity index (χ0v) is 21.6. The quantitative estimate of drug-likeness (QED) is 0.498. The van der Waals surface area contributed by atoms with Gasteiger partial charge in [-0.05, 0) is 61.7 Å². The lowest BCUT2D eigenvalue weighted by Gasteiger charge is -2.46. The summed E-state index contributed by atoms with van der Waals surface area (Å²) in [4.78, 5) is 16.0. The summed E-state index contributed by atoms with van der Waals surface area (Å²) in [5.74, 6) is -1.09. The molecule has 3 aliphatic rings. The van der Waals surface area contributed by atoms with Crippen molar-refractivity contribution in [3.8, 4) is 5.75 Å². The molecule has 1 amide bonds. The molecule has 2 saturated heterocycles. The van der Waals surface area contributed by atoms with Gasteiger partial charge in [0.2, 0.25) is 5.91 Å². The summed E-state index contributed by atoms with van der Waals surface area (Å²) >= 11 is 6.08. The Balaban J connectivity index is 1.14. The first-order valence-electron chi connectivity index (χ1n) is 12.7. The molecule has 7 nitrogen and oxygen atoms in total. The molecule has 204 valence electrons. The fourth-order valence-corrected chi connectivity index (χ4v) is 5.96. The van der Waals surface area contributed by atoms with E-state index in [0.717, 1.165) is 23.8 Å². The third-order valence-electron chi connectivity index (χ3n) is 8.20. The van der Waals surface area contributed by atoms with Gasteiger partial charge < -0.3 is 25.0 Å². The Morgan fingerprint density at radius 3 is 2.53 bits per heavy atom. The van der Waals surface area contributed by atoms with Gasteiger partial charge in [-0.3, -0.25) is 9.69 Å². The molecule has 0 radical (unpaired) electrons. The largest absolute Gasteiger partial charge is 0.492 e. The predicted molar refractivity (Wildman–Crippen MR) is 138 cm³/mol. The molecule has 3 N–H and O–H groups in total. The lowest BCUT2D eigenvalue weighted by atomic mass is 9.72. The standard InChI is InChI=1S/C28H31ClF2N2O5/c29-19-2-3-22-23(13-19)38-17-27(22)5-8-32(15-24(27)34)16-25(35)28(37)6-9-33(10-7-28)26(36)4-1-18-11-20(30)14-21(31)12-18/h1-4,11-14,24-25,34-35,37H,5-10,15-17H2/b4-1+/t24-,25-,27-/m1/s1. The van der Waals surface area contributed by atoms with Gasteiger partial charge in [0.25, 0.3) is 0 Å². The van der Waals surface area contributed by atoms with Crippen LogP contribution in [0.1, 0.15) is 30.4 Å². The summed E-state index contributed by atoms with van der Waals surface area (Å²) in [6.07, 6.45) is 1.84. The molecule has 10 heteroatoms. The third-order valence-corrected chi connectivity index (χ3v) is 8.44. The molecule has 3 aliphatic heterocycles. The number of β-amino-alcohol motifs (C(OH)–C–C–N with tert-alkyl or cyclic N) is 2. The normalized spacial score (nSPS) is 25.9. The highest BCUT2D eigenvalue weighted by atomic mass is 35.5. The second-order valence-corrected chi connectivity index (χ2v) is 11.0. The third kappa shape index (κ3) is 5.31. The van der Waals surface area contributed by atoms with E-state index in [0.29, 0.717) is 36.9 Å². The van der Waals surface area contributed by atoms with Crippen LogP contribution >= 0.6 is 11.6 Å². The molecule has 0 aliphatic carbocycles. The van der Waals surface area contributed by atoms with Gasteiger partial charge in [-0.15, -0.1) is 0 Å². The number of carbonyl (C=O) groups is 1. The summed E-state index contributed by atoms with van der Waals surface area (Å²) in [5, 5.41) is 33.8. The average Bonchev–Trinajstić information content (AvgIpc) is 3.23. The number of likely N-dealkylation sites (tertiary alicyclic amines) is 2. The van der Waals surface area contributed by atoms with Crippen LogP contribution in [0.5, 0.6) is 5.75 Å². The Morgan fingerprint density at radius 1 is 1.13 bits per heavy atom. The number of benzene rings is 2. The Kier molecular flexibility index (Phi) is 7.50. The highest BCUT2D eigenvalue weighted by Gasteiger charge is 2.50. The van der Waals surface area contributed by atoms with Crippen molar-refractivity contribution in [2.45, 2.75) is 42.5 Å². The minimum absolute atomic E-state index is 0.185. The minimum atomic E-state index is -1.37. The molecule has 1 spiro atoms. The smallest absolute Gasteiger partial charge is 0.246 e. The van der Waals surface area contributed by atoms with Gasteiger partial charge in [-0.25, -0.2) is 8.78 Å². The van der Waals surface area contributed by atoms with Gasteiger partial charge in [0.1, 0.15) is 24.0 Å². The minimum Gasteiger partial charge on any atom is -0.492 e. The molecule has 2 aromatic carbocycles. The zero-order chi connectivity index (χ0) is 27.1. The fourth-order valence-electron chi connectivity index (χ4n) is 5.80. The summed E-state index contributed by atoms with van der Waals surface area (Å²) < 4.78 is 32.5. The van der Waals surface area contributed by atoms with Crippen LogP contribution in [0.4, 0.5) is 8.78 Å². The van der Waals surface area contributed by atoms with Gasteiger partial charge in [0.05, 0.1) is 23.2 Å². The maximum Gasteiger partial charge on any atom is 0.246 e. The summed E-state index contributed by atoms with van der Waals surface area (Å²) in [5.41, 5.74) is -0.704. The van der Waals surface area contributed by atoms with E-state index in [4.69, 9.17) is 16.3 Å². The van der Waals surface area contributed by atoms with Crippen molar-refractivity contribution >= 4 is 23.6 Å². The fraction of sp³-hybridized carbons (Fsp3) is 0.464. The van der Waals surface area contributed by atoms with E-state index >= 15 is 0 Å². The molecule has 2 aromatic rings. The van der Waals surface area contributed by atoms with E-state index < -0.39 is 34.9 Å². The van der Waals surface area contributed by atoms with Crippen LogP contribution in [0.15, 0.2) is 42.5 Å². The molecule has 38 heavy (non-hydrogen) atoms. The van der Waals surface area contributed by atoms with E-state index in [1.54, 1.807) is 12.1 Å². The summed E-state index contributed by atoms with van der Waals surface area (Å²) in [6.45, 7) is 1.97. The number of piperidine rings is 2. The first kappa shape index (κ1) is 27.0. The van der Waals surface area contributed by atoms with Crippen molar-refractivity contribution < 1.29 is 33.6 Å². The Hall–Kier alpha value is -2.56. The number of hydrogen-bond acceptors (Lipinski definition) is 6. The number of fused-ring (bicyclic) bond motifs is 2. The Bertz CT molecular complexity index is 1220. The van der Waals surface area contributed by atoms with Gasteiger partial charge >= 0.3 is 0 Å². The van der Waals surface area contributed by atoms with Crippen LogP contribution in [-0.2, 0) is 10.2 Å². The van der Waals surface area contributed by atoms with Crippen molar-refractivity contribution in [3.63, 3.8) is 0 Å². The van der Waals surface area contributed by atoms with Crippen LogP contribution in [0.3, 0.4) is 0 Å². The topological polar surface area (TPSA) is 93.5 Å². The molecule has 0 aromatic heterocycles. The number of amides is 1. The van der Waals surface area contributed by atoms with Crippen LogP contribution < -0.4 is 4.74 Å². The van der Waals surface area contributed by atoms with Crippen LogP contribution in [0.25, 0.3) is 6.08 Å². The van der Waals surface area contributed by atoms with Gasteiger partial charge in [-0.1, -0.05) is 17.7 Å². The van der Waals surface area contributed by atoms with E-state index in [2.05, 4.69) is 0 Å². The zero-order valence-electron chi connectivity index (χ0n) is 20.8. The second-order valence-electron chi connectivity index (χ2n) is 10.6. The van der Waals surface area contributed by atoms with Crippen molar-refractivity contribution in [2.75, 3.05) is 39.3 Å². The predicted octanol–water partition coefficient (Wildman–Crippen LogP) is 2.74. The Labute approximate surface area is 224 Å². The number of nitrogens with zero attached hydrogens (tertiary/aromatic N) is 2. The number of ether oxygens (including phenoxy) is 1. The maximum atomic E-state index is 13.4. The van der Waals surface area contributed by atoms with Gasteiger partial charge in [-0.2, -0.15) is 0 Å². The number of halogens is 3. The SMILES string of the molecule is O=C(/C=C/c1cc(F)cc(F)c1)N1CCC(O)([C@H](O)CN2CC[C@]3(COc4cc(Cl)ccc43)[C@H](O)C2)CC1. The molecular formula is C28H31ClF2N2O5. The highest BCUT2D eigenvalue weighted by Crippen LogP contribution is 2.46. The number of hydrogen-bond donors (Lipinski definition) is 3. The summed E-state index contributed by atoms with van der Waals surface area (Å²) in [6, 6.07) is 8.48. The first-order chi connectivity index (χ1) is 18.1. The monoisotopic (exact) mass is 548 g/mol. The molecule has 0 unspecified atom stereocenters. The van der Waals surface area contributed by atoms with E-state index in [1.807, 2.05) is 11.0 Å². The first-order valence-corrected chi connectivity index (χ1v) is 13.1. The molecule has 3 atom stereocenters. The molecule has 2 fully saturated rings. The van der Waals surface area contributed by atoms with Gasteiger partial charge in [0.15, 0.2) is 0 Å². The van der Waals surface area contributed by atoms with E-state index in [-0.39, 0.29) is 43.9 Å². The van der Waals surface area contributed by atoms with Crippen molar-refractivity contribution in [3.05, 3.63) is 70.3 Å². The molecular weight excluding hydrogens is 518 g/mol. The van der Waals surface area contributed by atoms with Crippen molar-refractivity contribution in [1.82, 2.24) is 9.80 Å². The lowest BCUT2D eigenvalue weighted by molar-refractivity contribution is -0.141. The molecule has 5 rings (SSSR count). The second kappa shape index (κ2) is 10.5. The number of rotatable bonds is 5. The molecule has 0 saturated carbocycles. The average molecular weight is 549 g/mol. The lowest BCUT2D eigenvalue weighted by Crippen LogP contribution is -2.59. The van der Waals surface area contributed by atoms with Crippen molar-refractivity contribution in [1.29, 1.82) is 0 Å². The van der Waals surface area contributed by atoms with E-state index in [9.17, 15) is 28.9 Å². The Morgan fingerprint density at radius 2 is 1.84 bits per heavy atom.